The number of benzene rings is 1. The van der Waals surface area contributed by atoms with Crippen LogP contribution in [-0.2, 0) is 6.42 Å². The first-order valence-corrected chi connectivity index (χ1v) is 6.05. The molecule has 0 spiro atoms. The van der Waals surface area contributed by atoms with Crippen LogP contribution in [0.15, 0.2) is 23.6 Å². The molecule has 2 N–H and O–H groups in total. The largest absolute Gasteiger partial charge is 0.431 e. The molecule has 4 heteroatoms. The molecule has 0 fully saturated rings. The van der Waals surface area contributed by atoms with Gasteiger partial charge in [-0.1, -0.05) is 24.3 Å². The van der Waals surface area contributed by atoms with Gasteiger partial charge in [0.15, 0.2) is 0 Å². The van der Waals surface area contributed by atoms with Gasteiger partial charge < -0.3 is 10.5 Å². The van der Waals surface area contributed by atoms with Gasteiger partial charge >= 0.3 is 0 Å². The third kappa shape index (κ3) is 2.33. The average Bonchev–Trinajstić information content (AvgIpc) is 2.71. The van der Waals surface area contributed by atoms with Crippen LogP contribution < -0.4 is 10.5 Å². The molecule has 0 unspecified atom stereocenters. The highest BCUT2D eigenvalue weighted by atomic mass is 32.1. The van der Waals surface area contributed by atoms with Gasteiger partial charge in [0, 0.05) is 17.1 Å². The molecule has 0 aliphatic heterocycles. The molecule has 1 heterocycles. The Kier molecular flexibility index (Phi) is 3.10. The molecule has 0 atom stereocenters. The molecule has 0 bridgehead atoms. The van der Waals surface area contributed by atoms with Gasteiger partial charge in [-0.05, 0) is 25.0 Å². The number of thiazole rings is 1. The maximum absolute atomic E-state index is 5.72. The van der Waals surface area contributed by atoms with Crippen molar-refractivity contribution in [1.29, 1.82) is 0 Å². The van der Waals surface area contributed by atoms with Crippen molar-refractivity contribution in [3.05, 3.63) is 34.8 Å². The Hall–Kier alpha value is -1.55. The third-order valence-electron chi connectivity index (χ3n) is 2.30. The van der Waals surface area contributed by atoms with E-state index in [1.165, 1.54) is 11.3 Å². The monoisotopic (exact) mass is 234 g/mol. The van der Waals surface area contributed by atoms with Crippen molar-refractivity contribution < 1.29 is 4.74 Å². The highest BCUT2D eigenvalue weighted by Crippen LogP contribution is 2.29. The van der Waals surface area contributed by atoms with Gasteiger partial charge in [0.2, 0.25) is 0 Å². The van der Waals surface area contributed by atoms with Gasteiger partial charge in [0.1, 0.15) is 5.75 Å². The Morgan fingerprint density at radius 2 is 2.25 bits per heavy atom. The minimum absolute atomic E-state index is 0.672. The number of nitrogen functional groups attached to an aromatic ring is 1. The Morgan fingerprint density at radius 1 is 1.44 bits per heavy atom. The van der Waals surface area contributed by atoms with E-state index in [4.69, 9.17) is 10.5 Å². The second-order valence-corrected chi connectivity index (χ2v) is 4.41. The van der Waals surface area contributed by atoms with E-state index in [9.17, 15) is 0 Å². The molecule has 3 nitrogen and oxygen atoms in total. The van der Waals surface area contributed by atoms with Gasteiger partial charge in [-0.3, -0.25) is 0 Å². The lowest BCUT2D eigenvalue weighted by Crippen LogP contribution is -1.91. The van der Waals surface area contributed by atoms with E-state index in [1.54, 1.807) is 0 Å². The van der Waals surface area contributed by atoms with Crippen molar-refractivity contribution in [2.75, 3.05) is 5.73 Å². The Morgan fingerprint density at radius 3 is 2.94 bits per heavy atom. The first-order chi connectivity index (χ1) is 7.69. The van der Waals surface area contributed by atoms with Gasteiger partial charge in [-0.15, -0.1) is 0 Å². The molecule has 0 amide bonds. The molecule has 0 saturated heterocycles. The second-order valence-electron chi connectivity index (χ2n) is 3.59. The summed E-state index contributed by atoms with van der Waals surface area (Å²) in [5, 5.41) is 2.68. The van der Waals surface area contributed by atoms with Crippen molar-refractivity contribution in [3.8, 4) is 10.9 Å². The standard InChI is InChI=1S/C12H14N2OS/c1-3-10-7-16-12(14-10)15-11-6-9(13)5-4-8(11)2/h4-7H,3,13H2,1-2H3. The van der Waals surface area contributed by atoms with Crippen LogP contribution in [0.3, 0.4) is 0 Å². The topological polar surface area (TPSA) is 48.1 Å². The smallest absolute Gasteiger partial charge is 0.278 e. The fraction of sp³-hybridized carbons (Fsp3) is 0.250. The lowest BCUT2D eigenvalue weighted by Gasteiger charge is -2.06. The molecule has 2 rings (SSSR count). The van der Waals surface area contributed by atoms with E-state index < -0.39 is 0 Å². The van der Waals surface area contributed by atoms with E-state index in [-0.39, 0.29) is 0 Å². The molecule has 0 radical (unpaired) electrons. The summed E-state index contributed by atoms with van der Waals surface area (Å²) in [5.41, 5.74) is 8.53. The van der Waals surface area contributed by atoms with Crippen molar-refractivity contribution >= 4 is 17.0 Å². The van der Waals surface area contributed by atoms with Crippen LogP contribution in [0, 0.1) is 6.92 Å². The number of anilines is 1. The molecule has 84 valence electrons. The van der Waals surface area contributed by atoms with Crippen LogP contribution in [0.4, 0.5) is 5.69 Å². The lowest BCUT2D eigenvalue weighted by molar-refractivity contribution is 0.474. The Bertz CT molecular complexity index is 494. The maximum atomic E-state index is 5.72. The first-order valence-electron chi connectivity index (χ1n) is 5.17. The number of nitrogens with zero attached hydrogens (tertiary/aromatic N) is 1. The summed E-state index contributed by atoms with van der Waals surface area (Å²) in [5.74, 6) is 0.775. The molecule has 0 aliphatic rings. The molecule has 0 aliphatic carbocycles. The van der Waals surface area contributed by atoms with Gasteiger partial charge in [0.25, 0.3) is 5.19 Å². The minimum atomic E-state index is 0.672. The maximum Gasteiger partial charge on any atom is 0.278 e. The zero-order valence-electron chi connectivity index (χ0n) is 9.36. The fourth-order valence-electron chi connectivity index (χ4n) is 1.32. The summed E-state index contributed by atoms with van der Waals surface area (Å²) in [7, 11) is 0. The first kappa shape index (κ1) is 11.0. The van der Waals surface area contributed by atoms with Crippen LogP contribution in [0.2, 0.25) is 0 Å². The average molecular weight is 234 g/mol. The van der Waals surface area contributed by atoms with Crippen molar-refractivity contribution in [3.63, 3.8) is 0 Å². The molecule has 16 heavy (non-hydrogen) atoms. The van der Waals surface area contributed by atoms with E-state index in [0.717, 1.165) is 23.4 Å². The Balaban J connectivity index is 2.22. The molecule has 0 saturated carbocycles. The van der Waals surface area contributed by atoms with Crippen molar-refractivity contribution in [2.45, 2.75) is 20.3 Å². The number of aryl methyl sites for hydroxylation is 2. The van der Waals surface area contributed by atoms with E-state index in [0.29, 0.717) is 10.9 Å². The summed E-state index contributed by atoms with van der Waals surface area (Å²) >= 11 is 1.51. The predicted octanol–water partition coefficient (Wildman–Crippen LogP) is 3.39. The number of aromatic nitrogens is 1. The Labute approximate surface area is 98.9 Å². The zero-order valence-corrected chi connectivity index (χ0v) is 10.2. The molecular weight excluding hydrogens is 220 g/mol. The minimum Gasteiger partial charge on any atom is -0.431 e. The van der Waals surface area contributed by atoms with Gasteiger partial charge in [-0.25, -0.2) is 4.98 Å². The predicted molar refractivity (Wildman–Crippen MR) is 67.2 cm³/mol. The lowest BCUT2D eigenvalue weighted by atomic mass is 10.2. The summed E-state index contributed by atoms with van der Waals surface area (Å²) in [4.78, 5) is 4.35. The number of ether oxygens (including phenoxy) is 1. The highest BCUT2D eigenvalue weighted by molar-refractivity contribution is 7.11. The third-order valence-corrected chi connectivity index (χ3v) is 3.07. The molecule has 1 aromatic heterocycles. The van der Waals surface area contributed by atoms with Crippen molar-refractivity contribution in [2.24, 2.45) is 0 Å². The van der Waals surface area contributed by atoms with Gasteiger partial charge in [-0.2, -0.15) is 0 Å². The van der Waals surface area contributed by atoms with Crippen LogP contribution >= 0.6 is 11.3 Å². The van der Waals surface area contributed by atoms with Crippen molar-refractivity contribution in [1.82, 2.24) is 4.98 Å². The summed E-state index contributed by atoms with van der Waals surface area (Å²) < 4.78 is 5.70. The zero-order chi connectivity index (χ0) is 11.5. The number of rotatable bonds is 3. The van der Waals surface area contributed by atoms with Gasteiger partial charge in [0.05, 0.1) is 5.69 Å². The van der Waals surface area contributed by atoms with Crippen LogP contribution in [-0.4, -0.2) is 4.98 Å². The molecular formula is C12H14N2OS. The van der Waals surface area contributed by atoms with E-state index >= 15 is 0 Å². The number of hydrogen-bond acceptors (Lipinski definition) is 4. The SMILES string of the molecule is CCc1csc(Oc2cc(N)ccc2C)n1. The van der Waals surface area contributed by atoms with Crippen LogP contribution in [0.5, 0.6) is 10.9 Å². The van der Waals surface area contributed by atoms with Crippen LogP contribution in [0.1, 0.15) is 18.2 Å². The quantitative estimate of drug-likeness (QED) is 0.828. The summed E-state index contributed by atoms with van der Waals surface area (Å²) in [6.07, 6.45) is 0.926. The molecule has 2 aromatic rings. The second kappa shape index (κ2) is 4.53. The molecule has 1 aromatic carbocycles. The number of nitrogens with two attached hydrogens (primary N) is 1. The van der Waals surface area contributed by atoms with Crippen LogP contribution in [0.25, 0.3) is 0 Å². The van der Waals surface area contributed by atoms with E-state index in [2.05, 4.69) is 11.9 Å². The highest BCUT2D eigenvalue weighted by Gasteiger charge is 2.05. The summed E-state index contributed by atoms with van der Waals surface area (Å²) in [6, 6.07) is 5.63. The number of hydrogen-bond donors (Lipinski definition) is 1. The van der Waals surface area contributed by atoms with E-state index in [1.807, 2.05) is 30.5 Å². The fourth-order valence-corrected chi connectivity index (χ4v) is 2.08. The normalized spacial score (nSPS) is 10.4. The summed E-state index contributed by atoms with van der Waals surface area (Å²) in [6.45, 7) is 4.06.